The molecule has 1 aromatic carbocycles. The third-order valence-corrected chi connectivity index (χ3v) is 3.39. The maximum atomic E-state index is 12.3. The third kappa shape index (κ3) is 2.58. The Morgan fingerprint density at radius 1 is 1.47 bits per heavy atom. The van der Waals surface area contributed by atoms with Crippen LogP contribution in [0.4, 0.5) is 0 Å². The SMILES string of the molecule is C[C@@H]1CN(C(=O)c2cccc(C#N)c2)CC(=O)N1C. The molecular weight excluding hydrogens is 242 g/mol. The molecule has 1 heterocycles. The van der Waals surface area contributed by atoms with E-state index in [9.17, 15) is 9.59 Å². The molecule has 1 aromatic rings. The van der Waals surface area contributed by atoms with Gasteiger partial charge in [0.2, 0.25) is 5.91 Å². The van der Waals surface area contributed by atoms with Crippen molar-refractivity contribution in [3.05, 3.63) is 35.4 Å². The van der Waals surface area contributed by atoms with Crippen molar-refractivity contribution in [1.82, 2.24) is 9.80 Å². The van der Waals surface area contributed by atoms with Crippen molar-refractivity contribution >= 4 is 11.8 Å². The fraction of sp³-hybridized carbons (Fsp3) is 0.357. The molecule has 1 aliphatic heterocycles. The molecule has 0 unspecified atom stereocenters. The predicted octanol–water partition coefficient (Wildman–Crippen LogP) is 0.861. The normalized spacial score (nSPS) is 19.2. The number of hydrogen-bond acceptors (Lipinski definition) is 3. The second-order valence-electron chi connectivity index (χ2n) is 4.73. The Bertz CT molecular complexity index is 562. The molecule has 0 aromatic heterocycles. The lowest BCUT2D eigenvalue weighted by molar-refractivity contribution is -0.136. The monoisotopic (exact) mass is 257 g/mol. The Hall–Kier alpha value is -2.35. The first kappa shape index (κ1) is 13.1. The van der Waals surface area contributed by atoms with Gasteiger partial charge in [-0.3, -0.25) is 9.59 Å². The molecule has 1 aliphatic rings. The van der Waals surface area contributed by atoms with Crippen molar-refractivity contribution in [2.24, 2.45) is 0 Å². The van der Waals surface area contributed by atoms with Gasteiger partial charge < -0.3 is 9.80 Å². The van der Waals surface area contributed by atoms with Crippen LogP contribution in [0.2, 0.25) is 0 Å². The molecule has 0 bridgehead atoms. The number of rotatable bonds is 1. The Morgan fingerprint density at radius 2 is 2.21 bits per heavy atom. The van der Waals surface area contributed by atoms with E-state index in [1.807, 2.05) is 13.0 Å². The van der Waals surface area contributed by atoms with Crippen LogP contribution in [-0.2, 0) is 4.79 Å². The molecule has 2 rings (SSSR count). The standard InChI is InChI=1S/C14H15N3O2/c1-10-8-17(9-13(18)16(10)2)14(19)12-5-3-4-11(6-12)7-15/h3-6,10H,8-9H2,1-2H3/t10-/m1/s1. The quantitative estimate of drug-likeness (QED) is 0.749. The van der Waals surface area contributed by atoms with Gasteiger partial charge in [-0.15, -0.1) is 0 Å². The van der Waals surface area contributed by atoms with Crippen LogP contribution in [-0.4, -0.2) is 47.8 Å². The topological polar surface area (TPSA) is 64.4 Å². The average molecular weight is 257 g/mol. The van der Waals surface area contributed by atoms with Crippen molar-refractivity contribution in [1.29, 1.82) is 5.26 Å². The summed E-state index contributed by atoms with van der Waals surface area (Å²) in [6.07, 6.45) is 0. The molecule has 19 heavy (non-hydrogen) atoms. The highest BCUT2D eigenvalue weighted by molar-refractivity contribution is 5.97. The fourth-order valence-electron chi connectivity index (χ4n) is 2.09. The summed E-state index contributed by atoms with van der Waals surface area (Å²) < 4.78 is 0. The van der Waals surface area contributed by atoms with E-state index < -0.39 is 0 Å². The number of benzene rings is 1. The molecule has 0 N–H and O–H groups in total. The number of piperazine rings is 1. The minimum Gasteiger partial charge on any atom is -0.340 e. The van der Waals surface area contributed by atoms with Gasteiger partial charge in [-0.2, -0.15) is 5.26 Å². The highest BCUT2D eigenvalue weighted by atomic mass is 16.2. The second-order valence-corrected chi connectivity index (χ2v) is 4.73. The molecule has 0 aliphatic carbocycles. The summed E-state index contributed by atoms with van der Waals surface area (Å²) >= 11 is 0. The van der Waals surface area contributed by atoms with E-state index in [0.29, 0.717) is 17.7 Å². The number of hydrogen-bond donors (Lipinski definition) is 0. The lowest BCUT2D eigenvalue weighted by atomic mass is 10.1. The third-order valence-electron chi connectivity index (χ3n) is 3.39. The Balaban J connectivity index is 2.20. The summed E-state index contributed by atoms with van der Waals surface area (Å²) in [7, 11) is 1.74. The van der Waals surface area contributed by atoms with Gasteiger partial charge in [0.25, 0.3) is 5.91 Å². The minimum atomic E-state index is -0.203. The number of carbonyl (C=O) groups excluding carboxylic acids is 2. The van der Waals surface area contributed by atoms with Crippen molar-refractivity contribution in [3.8, 4) is 6.07 Å². The van der Waals surface area contributed by atoms with Crippen LogP contribution in [0.3, 0.4) is 0 Å². The molecular formula is C14H15N3O2. The van der Waals surface area contributed by atoms with E-state index in [-0.39, 0.29) is 24.4 Å². The number of amides is 2. The molecule has 5 heteroatoms. The van der Waals surface area contributed by atoms with E-state index in [0.717, 1.165) is 0 Å². The first-order chi connectivity index (χ1) is 9.02. The minimum absolute atomic E-state index is 0.00403. The highest BCUT2D eigenvalue weighted by Crippen LogP contribution is 2.13. The fourth-order valence-corrected chi connectivity index (χ4v) is 2.09. The van der Waals surface area contributed by atoms with Crippen LogP contribution in [0.1, 0.15) is 22.8 Å². The molecule has 0 spiro atoms. The van der Waals surface area contributed by atoms with Crippen molar-refractivity contribution in [3.63, 3.8) is 0 Å². The van der Waals surface area contributed by atoms with Crippen molar-refractivity contribution in [2.75, 3.05) is 20.1 Å². The van der Waals surface area contributed by atoms with Crippen LogP contribution in [0, 0.1) is 11.3 Å². The number of nitriles is 1. The van der Waals surface area contributed by atoms with Gasteiger partial charge in [0.05, 0.1) is 11.6 Å². The zero-order valence-corrected chi connectivity index (χ0v) is 11.0. The summed E-state index contributed by atoms with van der Waals surface area (Å²) in [6.45, 7) is 2.51. The number of carbonyl (C=O) groups is 2. The van der Waals surface area contributed by atoms with E-state index in [1.165, 1.54) is 4.90 Å². The summed E-state index contributed by atoms with van der Waals surface area (Å²) in [5.74, 6) is -0.270. The van der Waals surface area contributed by atoms with E-state index in [1.54, 1.807) is 36.2 Å². The van der Waals surface area contributed by atoms with Crippen molar-refractivity contribution < 1.29 is 9.59 Å². The maximum absolute atomic E-state index is 12.3. The van der Waals surface area contributed by atoms with Crippen molar-refractivity contribution in [2.45, 2.75) is 13.0 Å². The zero-order chi connectivity index (χ0) is 14.0. The highest BCUT2D eigenvalue weighted by Gasteiger charge is 2.30. The zero-order valence-electron chi connectivity index (χ0n) is 11.0. The van der Waals surface area contributed by atoms with Gasteiger partial charge in [-0.05, 0) is 25.1 Å². The number of nitrogens with zero attached hydrogens (tertiary/aromatic N) is 3. The molecule has 0 radical (unpaired) electrons. The van der Waals surface area contributed by atoms with Crippen LogP contribution in [0.25, 0.3) is 0 Å². The average Bonchev–Trinajstić information content (AvgIpc) is 2.43. The molecule has 1 fully saturated rings. The first-order valence-corrected chi connectivity index (χ1v) is 6.08. The summed E-state index contributed by atoms with van der Waals surface area (Å²) in [6, 6.07) is 8.54. The Morgan fingerprint density at radius 3 is 2.84 bits per heavy atom. The van der Waals surface area contributed by atoms with Gasteiger partial charge in [-0.1, -0.05) is 6.07 Å². The summed E-state index contributed by atoms with van der Waals surface area (Å²) in [4.78, 5) is 27.2. The molecule has 5 nitrogen and oxygen atoms in total. The molecule has 2 amide bonds. The predicted molar refractivity (Wildman–Crippen MR) is 69.3 cm³/mol. The lowest BCUT2D eigenvalue weighted by Crippen LogP contribution is -2.55. The van der Waals surface area contributed by atoms with E-state index in [2.05, 4.69) is 0 Å². The van der Waals surface area contributed by atoms with E-state index >= 15 is 0 Å². The number of likely N-dealkylation sites (N-methyl/N-ethyl adjacent to an activating group) is 1. The van der Waals surface area contributed by atoms with Gasteiger partial charge >= 0.3 is 0 Å². The lowest BCUT2D eigenvalue weighted by Gasteiger charge is -2.37. The van der Waals surface area contributed by atoms with Crippen LogP contribution in [0.5, 0.6) is 0 Å². The van der Waals surface area contributed by atoms with Gasteiger partial charge in [0.1, 0.15) is 6.54 Å². The Labute approximate surface area is 112 Å². The first-order valence-electron chi connectivity index (χ1n) is 6.08. The molecule has 98 valence electrons. The maximum Gasteiger partial charge on any atom is 0.254 e. The molecule has 1 saturated heterocycles. The Kier molecular flexibility index (Phi) is 3.52. The largest absolute Gasteiger partial charge is 0.340 e. The summed E-state index contributed by atoms with van der Waals surface area (Å²) in [5.41, 5.74) is 0.892. The van der Waals surface area contributed by atoms with Crippen LogP contribution >= 0.6 is 0 Å². The smallest absolute Gasteiger partial charge is 0.254 e. The van der Waals surface area contributed by atoms with Crippen LogP contribution < -0.4 is 0 Å². The van der Waals surface area contributed by atoms with Crippen LogP contribution in [0.15, 0.2) is 24.3 Å². The van der Waals surface area contributed by atoms with Gasteiger partial charge in [0.15, 0.2) is 0 Å². The second kappa shape index (κ2) is 5.11. The van der Waals surface area contributed by atoms with Gasteiger partial charge in [-0.25, -0.2) is 0 Å². The van der Waals surface area contributed by atoms with Gasteiger partial charge in [0, 0.05) is 25.2 Å². The molecule has 0 saturated carbocycles. The molecule has 1 atom stereocenters. The van der Waals surface area contributed by atoms with E-state index in [4.69, 9.17) is 5.26 Å². The summed E-state index contributed by atoms with van der Waals surface area (Å²) in [5, 5.41) is 8.84.